The summed E-state index contributed by atoms with van der Waals surface area (Å²) in [7, 11) is 0. The molecule has 0 N–H and O–H groups in total. The average molecular weight is 363 g/mol. The van der Waals surface area contributed by atoms with Crippen LogP contribution < -0.4 is 0 Å². The summed E-state index contributed by atoms with van der Waals surface area (Å²) in [5.74, 6) is -0.476. The van der Waals surface area contributed by atoms with Crippen LogP contribution in [0.2, 0.25) is 10.3 Å². The molecule has 1 saturated heterocycles. The topological polar surface area (TPSA) is 59.5 Å². The molecule has 0 aliphatic carbocycles. The zero-order valence-electron chi connectivity index (χ0n) is 12.4. The Kier molecular flexibility index (Phi) is 4.83. The standard InChI is InChI=1S/C17H12Cl2N2O3/c18-14-8-11(9-15(19)20-14)6-7-16(22)21-13(10-24-17(21)23)12-4-2-1-3-5-12/h1-9,13H,10H2/b7-6+/t13-/m0/s1. The first kappa shape index (κ1) is 16.5. The van der Waals surface area contributed by atoms with Gasteiger partial charge in [0.1, 0.15) is 23.0 Å². The van der Waals surface area contributed by atoms with E-state index in [0.717, 1.165) is 10.5 Å². The van der Waals surface area contributed by atoms with Gasteiger partial charge >= 0.3 is 6.09 Å². The maximum atomic E-state index is 12.4. The third-order valence-corrected chi connectivity index (χ3v) is 3.89. The molecule has 2 amide bonds. The number of pyridine rings is 1. The molecule has 7 heteroatoms. The van der Waals surface area contributed by atoms with Crippen molar-refractivity contribution in [1.29, 1.82) is 0 Å². The minimum atomic E-state index is -0.663. The molecule has 1 atom stereocenters. The summed E-state index contributed by atoms with van der Waals surface area (Å²) in [5, 5.41) is 0.440. The fourth-order valence-electron chi connectivity index (χ4n) is 2.41. The van der Waals surface area contributed by atoms with E-state index < -0.39 is 18.0 Å². The minimum absolute atomic E-state index is 0.134. The van der Waals surface area contributed by atoms with Crippen molar-refractivity contribution < 1.29 is 14.3 Å². The summed E-state index contributed by atoms with van der Waals surface area (Å²) in [6.07, 6.45) is 2.14. The summed E-state index contributed by atoms with van der Waals surface area (Å²) in [6, 6.07) is 11.9. The van der Waals surface area contributed by atoms with Crippen molar-refractivity contribution in [2.24, 2.45) is 0 Å². The molecule has 0 bridgehead atoms. The number of ether oxygens (including phenoxy) is 1. The molecule has 2 heterocycles. The Bertz CT molecular complexity index is 788. The number of carbonyl (C=O) groups excluding carboxylic acids is 2. The molecule has 1 fully saturated rings. The number of benzene rings is 1. The first-order chi connectivity index (χ1) is 11.5. The average Bonchev–Trinajstić information content (AvgIpc) is 2.94. The molecule has 0 saturated carbocycles. The predicted molar refractivity (Wildman–Crippen MR) is 90.7 cm³/mol. The summed E-state index contributed by atoms with van der Waals surface area (Å²) in [4.78, 5) is 29.3. The quantitative estimate of drug-likeness (QED) is 0.608. The van der Waals surface area contributed by atoms with Crippen molar-refractivity contribution in [2.45, 2.75) is 6.04 Å². The van der Waals surface area contributed by atoms with Gasteiger partial charge in [-0.1, -0.05) is 53.5 Å². The summed E-state index contributed by atoms with van der Waals surface area (Å²) in [6.45, 7) is 0.134. The molecule has 0 radical (unpaired) electrons. The fourth-order valence-corrected chi connectivity index (χ4v) is 2.89. The number of nitrogens with zero attached hydrogens (tertiary/aromatic N) is 2. The molecule has 122 valence electrons. The molecule has 3 rings (SSSR count). The Labute approximate surface area is 148 Å². The van der Waals surface area contributed by atoms with E-state index in [-0.39, 0.29) is 16.9 Å². The Morgan fingerprint density at radius 3 is 2.54 bits per heavy atom. The van der Waals surface area contributed by atoms with Gasteiger partial charge in [-0.2, -0.15) is 0 Å². The number of aromatic nitrogens is 1. The lowest BCUT2D eigenvalue weighted by atomic mass is 10.1. The zero-order chi connectivity index (χ0) is 17.1. The zero-order valence-corrected chi connectivity index (χ0v) is 13.9. The van der Waals surface area contributed by atoms with Crippen LogP contribution in [0.4, 0.5) is 4.79 Å². The van der Waals surface area contributed by atoms with Gasteiger partial charge in [0.05, 0.1) is 0 Å². The Morgan fingerprint density at radius 2 is 1.88 bits per heavy atom. The number of hydrogen-bond acceptors (Lipinski definition) is 4. The number of imide groups is 1. The number of hydrogen-bond donors (Lipinski definition) is 0. The first-order valence-electron chi connectivity index (χ1n) is 7.10. The molecule has 1 aromatic carbocycles. The van der Waals surface area contributed by atoms with E-state index in [1.807, 2.05) is 30.3 Å². The van der Waals surface area contributed by atoms with Gasteiger partial charge in [-0.3, -0.25) is 4.79 Å². The highest BCUT2D eigenvalue weighted by Crippen LogP contribution is 2.28. The predicted octanol–water partition coefficient (Wildman–Crippen LogP) is 4.12. The van der Waals surface area contributed by atoms with Gasteiger partial charge < -0.3 is 4.74 Å². The Hall–Kier alpha value is -2.37. The van der Waals surface area contributed by atoms with E-state index in [0.29, 0.717) is 5.56 Å². The molecule has 2 aromatic rings. The van der Waals surface area contributed by atoms with E-state index in [4.69, 9.17) is 27.9 Å². The first-order valence-corrected chi connectivity index (χ1v) is 7.86. The van der Waals surface area contributed by atoms with Crippen LogP contribution in [-0.2, 0) is 9.53 Å². The van der Waals surface area contributed by atoms with E-state index in [1.165, 1.54) is 12.2 Å². The second kappa shape index (κ2) is 7.03. The van der Waals surface area contributed by atoms with E-state index in [9.17, 15) is 9.59 Å². The summed E-state index contributed by atoms with van der Waals surface area (Å²) < 4.78 is 5.02. The Morgan fingerprint density at radius 1 is 1.21 bits per heavy atom. The summed E-state index contributed by atoms with van der Waals surface area (Å²) >= 11 is 11.6. The highest BCUT2D eigenvalue weighted by atomic mass is 35.5. The van der Waals surface area contributed by atoms with Gasteiger partial charge in [-0.15, -0.1) is 0 Å². The largest absolute Gasteiger partial charge is 0.446 e. The second-order valence-corrected chi connectivity index (χ2v) is 5.87. The number of cyclic esters (lactones) is 1. The SMILES string of the molecule is O=C(/C=C/c1cc(Cl)nc(Cl)c1)N1C(=O)OC[C@H]1c1ccccc1. The molecular weight excluding hydrogens is 351 g/mol. The molecule has 24 heavy (non-hydrogen) atoms. The van der Waals surface area contributed by atoms with Crippen LogP contribution in [0.15, 0.2) is 48.5 Å². The van der Waals surface area contributed by atoms with Crippen molar-refractivity contribution in [3.05, 3.63) is 70.0 Å². The number of halogens is 2. The number of carbonyl (C=O) groups is 2. The fraction of sp³-hybridized carbons (Fsp3) is 0.118. The van der Waals surface area contributed by atoms with Gasteiger partial charge in [0, 0.05) is 6.08 Å². The van der Waals surface area contributed by atoms with Crippen LogP contribution in [0.1, 0.15) is 17.2 Å². The van der Waals surface area contributed by atoms with Gasteiger partial charge in [0.15, 0.2) is 0 Å². The van der Waals surface area contributed by atoms with E-state index in [1.54, 1.807) is 12.1 Å². The van der Waals surface area contributed by atoms with Crippen LogP contribution in [-0.4, -0.2) is 28.5 Å². The van der Waals surface area contributed by atoms with Crippen molar-refractivity contribution in [2.75, 3.05) is 6.61 Å². The van der Waals surface area contributed by atoms with Crippen LogP contribution in [0.3, 0.4) is 0 Å². The number of amides is 2. The third-order valence-electron chi connectivity index (χ3n) is 3.50. The van der Waals surface area contributed by atoms with Gasteiger partial charge in [0.25, 0.3) is 5.91 Å². The highest BCUT2D eigenvalue weighted by Gasteiger charge is 2.37. The lowest BCUT2D eigenvalue weighted by molar-refractivity contribution is -0.124. The third kappa shape index (κ3) is 3.58. The monoisotopic (exact) mass is 362 g/mol. The van der Waals surface area contributed by atoms with Crippen molar-refractivity contribution in [3.63, 3.8) is 0 Å². The molecule has 1 aromatic heterocycles. The van der Waals surface area contributed by atoms with Gasteiger partial charge in [-0.25, -0.2) is 14.7 Å². The molecule has 1 aliphatic heterocycles. The summed E-state index contributed by atoms with van der Waals surface area (Å²) in [5.41, 5.74) is 1.44. The van der Waals surface area contributed by atoms with Crippen molar-refractivity contribution >= 4 is 41.3 Å². The second-order valence-electron chi connectivity index (χ2n) is 5.09. The lowest BCUT2D eigenvalue weighted by Gasteiger charge is -2.18. The van der Waals surface area contributed by atoms with Crippen molar-refractivity contribution in [1.82, 2.24) is 9.88 Å². The normalized spacial score (nSPS) is 17.3. The minimum Gasteiger partial charge on any atom is -0.446 e. The van der Waals surface area contributed by atoms with Crippen LogP contribution in [0.25, 0.3) is 6.08 Å². The molecule has 1 aliphatic rings. The maximum Gasteiger partial charge on any atom is 0.417 e. The van der Waals surface area contributed by atoms with E-state index >= 15 is 0 Å². The van der Waals surface area contributed by atoms with Crippen LogP contribution >= 0.6 is 23.2 Å². The lowest BCUT2D eigenvalue weighted by Crippen LogP contribution is -2.32. The molecular formula is C17H12Cl2N2O3. The highest BCUT2D eigenvalue weighted by molar-refractivity contribution is 6.32. The number of rotatable bonds is 3. The van der Waals surface area contributed by atoms with Crippen LogP contribution in [0.5, 0.6) is 0 Å². The van der Waals surface area contributed by atoms with Gasteiger partial charge in [-0.05, 0) is 29.3 Å². The van der Waals surface area contributed by atoms with Crippen LogP contribution in [0, 0.1) is 0 Å². The maximum absolute atomic E-state index is 12.4. The molecule has 0 unspecified atom stereocenters. The van der Waals surface area contributed by atoms with Gasteiger partial charge in [0.2, 0.25) is 0 Å². The van der Waals surface area contributed by atoms with E-state index in [2.05, 4.69) is 4.98 Å². The van der Waals surface area contributed by atoms with Crippen molar-refractivity contribution in [3.8, 4) is 0 Å². The smallest absolute Gasteiger partial charge is 0.417 e. The molecule has 0 spiro atoms. The molecule has 5 nitrogen and oxygen atoms in total. The Balaban J connectivity index is 1.82.